The van der Waals surface area contributed by atoms with Crippen LogP contribution in [0.4, 0.5) is 0 Å². The summed E-state index contributed by atoms with van der Waals surface area (Å²) in [4.78, 5) is 70.0. The first kappa shape index (κ1) is 38.2. The highest BCUT2D eigenvalue weighted by molar-refractivity contribution is 6.31. The SMILES string of the molecule is CO[C@@H]1[C@@H](O)[C@@H](OC)C(NC2=CC(=O)c3c(cc4c(c3O)C(=O)[C@]3(OC)[C@H](O)Cc5cc(C)c(C(=O)OCC(C)C)c(O)c5[C@]3(O)C4=O)C2=O)O[C@H]1C. The van der Waals surface area contributed by atoms with Crippen LogP contribution >= 0.6 is 0 Å². The van der Waals surface area contributed by atoms with Gasteiger partial charge in [-0.1, -0.05) is 19.9 Å². The zero-order chi connectivity index (χ0) is 39.1. The number of allylic oxidation sites excluding steroid dienone is 2. The Bertz CT molecular complexity index is 1990. The molecule has 16 nitrogen and oxygen atoms in total. The number of aryl methyl sites for hydroxylation is 1. The number of aliphatic hydroxyl groups is 3. The van der Waals surface area contributed by atoms with E-state index in [9.17, 15) is 49.5 Å². The van der Waals surface area contributed by atoms with Crippen LogP contribution in [-0.2, 0) is 35.7 Å². The van der Waals surface area contributed by atoms with Crippen LogP contribution in [0.1, 0.15) is 89.3 Å². The fraction of sp³-hybridized carbons (Fsp3) is 0.486. The fourth-order valence-electron chi connectivity index (χ4n) is 8.06. The predicted octanol–water partition coefficient (Wildman–Crippen LogP) is 0.776. The minimum absolute atomic E-state index is 0.00264. The number of hydrogen-bond acceptors (Lipinski definition) is 16. The third-order valence-corrected chi connectivity index (χ3v) is 10.5. The molecule has 0 aromatic heterocycles. The number of aromatic hydroxyl groups is 2. The van der Waals surface area contributed by atoms with Crippen LogP contribution in [0.3, 0.4) is 0 Å². The van der Waals surface area contributed by atoms with Crippen molar-refractivity contribution < 1.29 is 73.2 Å². The molecule has 0 saturated carbocycles. The van der Waals surface area contributed by atoms with E-state index in [1.54, 1.807) is 20.8 Å². The van der Waals surface area contributed by atoms with Crippen molar-refractivity contribution in [2.45, 2.75) is 82.1 Å². The molecule has 0 bridgehead atoms. The van der Waals surface area contributed by atoms with Crippen molar-refractivity contribution in [1.29, 1.82) is 0 Å². The number of benzene rings is 2. The van der Waals surface area contributed by atoms with E-state index in [0.29, 0.717) is 0 Å². The molecule has 284 valence electrons. The van der Waals surface area contributed by atoms with Crippen LogP contribution < -0.4 is 5.32 Å². The summed E-state index contributed by atoms with van der Waals surface area (Å²) in [6.45, 7) is 6.64. The molecule has 0 radical (unpaired) electrons. The Morgan fingerprint density at radius 3 is 2.25 bits per heavy atom. The fourth-order valence-corrected chi connectivity index (χ4v) is 8.06. The molecule has 1 heterocycles. The number of carbonyl (C=O) groups excluding carboxylic acids is 5. The number of nitrogens with one attached hydrogen (secondary N) is 1. The van der Waals surface area contributed by atoms with E-state index in [1.165, 1.54) is 27.2 Å². The Balaban J connectivity index is 1.50. The van der Waals surface area contributed by atoms with E-state index < -0.39 is 128 Å². The highest BCUT2D eigenvalue weighted by Gasteiger charge is 2.72. The van der Waals surface area contributed by atoms with E-state index in [0.717, 1.165) is 19.3 Å². The maximum atomic E-state index is 14.7. The van der Waals surface area contributed by atoms with E-state index in [4.69, 9.17) is 23.7 Å². The topological polar surface area (TPSA) is 245 Å². The van der Waals surface area contributed by atoms with Gasteiger partial charge in [-0.3, -0.25) is 19.2 Å². The zero-order valence-corrected chi connectivity index (χ0v) is 30.0. The number of phenolic OH excluding ortho intramolecular Hbond substituents is 2. The van der Waals surface area contributed by atoms with Crippen LogP contribution in [0.5, 0.6) is 11.5 Å². The summed E-state index contributed by atoms with van der Waals surface area (Å²) in [6.07, 6.45) is -6.56. The molecule has 2 aromatic carbocycles. The molecule has 1 fully saturated rings. The van der Waals surface area contributed by atoms with Gasteiger partial charge in [-0.2, -0.15) is 0 Å². The molecule has 8 atom stereocenters. The third-order valence-electron chi connectivity index (χ3n) is 10.5. The Morgan fingerprint density at radius 2 is 1.64 bits per heavy atom. The highest BCUT2D eigenvalue weighted by atomic mass is 16.6. The van der Waals surface area contributed by atoms with Crippen LogP contribution in [0.15, 0.2) is 23.9 Å². The van der Waals surface area contributed by atoms with Gasteiger partial charge in [0.1, 0.15) is 35.4 Å². The zero-order valence-electron chi connectivity index (χ0n) is 30.0. The van der Waals surface area contributed by atoms with E-state index in [2.05, 4.69) is 5.32 Å². The molecule has 6 N–H and O–H groups in total. The summed E-state index contributed by atoms with van der Waals surface area (Å²) in [6, 6.07) is 2.21. The number of hydrogen-bond donors (Lipinski definition) is 6. The summed E-state index contributed by atoms with van der Waals surface area (Å²) in [5.74, 6) is -7.68. The Kier molecular flexibility index (Phi) is 9.64. The molecule has 0 spiro atoms. The van der Waals surface area contributed by atoms with Crippen molar-refractivity contribution >= 4 is 29.1 Å². The van der Waals surface area contributed by atoms with E-state index in [1.807, 2.05) is 0 Å². The summed E-state index contributed by atoms with van der Waals surface area (Å²) in [5.41, 5.74) is -10.1. The van der Waals surface area contributed by atoms with Crippen LogP contribution in [0.25, 0.3) is 0 Å². The van der Waals surface area contributed by atoms with Gasteiger partial charge >= 0.3 is 5.97 Å². The Morgan fingerprint density at radius 1 is 0.981 bits per heavy atom. The number of phenols is 2. The number of esters is 1. The van der Waals surface area contributed by atoms with Gasteiger partial charge in [0.05, 0.1) is 35.6 Å². The molecule has 53 heavy (non-hydrogen) atoms. The predicted molar refractivity (Wildman–Crippen MR) is 180 cm³/mol. The number of Topliss-reactive ketones (excluding diaryl/α,β-unsaturated/α-hetero) is 3. The van der Waals surface area contributed by atoms with Crippen molar-refractivity contribution in [2.24, 2.45) is 5.92 Å². The number of rotatable bonds is 8. The third kappa shape index (κ3) is 5.26. The number of fused-ring (bicyclic) bond motifs is 5. The lowest BCUT2D eigenvalue weighted by Gasteiger charge is -2.52. The maximum absolute atomic E-state index is 14.7. The largest absolute Gasteiger partial charge is 0.507 e. The molecule has 6 rings (SSSR count). The molecule has 0 amide bonds. The molecular formula is C37H41NO15. The van der Waals surface area contributed by atoms with Gasteiger partial charge in [-0.05, 0) is 37.0 Å². The Hall–Kier alpha value is -4.55. The molecule has 1 aliphatic heterocycles. The van der Waals surface area contributed by atoms with Gasteiger partial charge in [0.2, 0.25) is 17.3 Å². The second-order valence-electron chi connectivity index (χ2n) is 14.1. The van der Waals surface area contributed by atoms with Crippen molar-refractivity contribution in [3.8, 4) is 11.5 Å². The molecule has 1 unspecified atom stereocenters. The average molecular weight is 740 g/mol. The number of aliphatic hydroxyl groups excluding tert-OH is 2. The van der Waals surface area contributed by atoms with E-state index in [-0.39, 0.29) is 29.3 Å². The molecule has 4 aliphatic rings. The number of carbonyl (C=O) groups is 5. The summed E-state index contributed by atoms with van der Waals surface area (Å²) < 4.78 is 27.4. The average Bonchev–Trinajstić information content (AvgIpc) is 3.08. The molecule has 16 heteroatoms. The molecule has 1 saturated heterocycles. The van der Waals surface area contributed by atoms with Crippen LogP contribution in [0, 0.1) is 12.8 Å². The number of methoxy groups -OCH3 is 3. The standard InChI is InChI=1S/C37H41NO15/c1-13(2)12-52-35(47)22-14(3)8-16-9-21(40)37(51-7)33(46)24-18(32(45)36(37,48)25(16)28(22)43)10-17-23(27(24)42)20(39)11-19(26(17)41)38-34-31(50-6)29(44)30(49-5)15(4)53-34/h8,10-11,13,15,21,29-31,34,38,40,42-44,48H,9,12H2,1-7H3/t15-,21+,29+,30-,31+,34?,36-,37+/m0/s1. The smallest absolute Gasteiger partial charge is 0.342 e. The van der Waals surface area contributed by atoms with Crippen LogP contribution in [-0.4, -0.2) is 125 Å². The quantitative estimate of drug-likeness (QED) is 0.205. The van der Waals surface area contributed by atoms with Crippen molar-refractivity contribution in [2.75, 3.05) is 27.9 Å². The number of ether oxygens (including phenoxy) is 5. The van der Waals surface area contributed by atoms with Gasteiger partial charge in [0.25, 0.3) is 0 Å². The first-order valence-corrected chi connectivity index (χ1v) is 16.9. The lowest BCUT2D eigenvalue weighted by Crippen LogP contribution is -2.73. The summed E-state index contributed by atoms with van der Waals surface area (Å²) >= 11 is 0. The summed E-state index contributed by atoms with van der Waals surface area (Å²) in [5, 5.41) is 60.9. The first-order chi connectivity index (χ1) is 24.9. The van der Waals surface area contributed by atoms with Crippen molar-refractivity contribution in [1.82, 2.24) is 5.32 Å². The minimum atomic E-state index is -3.24. The minimum Gasteiger partial charge on any atom is -0.507 e. The normalized spacial score (nSPS) is 30.7. The molecule has 2 aromatic rings. The first-order valence-electron chi connectivity index (χ1n) is 16.9. The van der Waals surface area contributed by atoms with Gasteiger partial charge in [-0.15, -0.1) is 0 Å². The lowest BCUT2D eigenvalue weighted by molar-refractivity contribution is -0.236. The van der Waals surface area contributed by atoms with Gasteiger partial charge in [0, 0.05) is 50.5 Å². The molecule has 3 aliphatic carbocycles. The Labute approximate surface area is 303 Å². The lowest BCUT2D eigenvalue weighted by atomic mass is 9.56. The van der Waals surface area contributed by atoms with Gasteiger partial charge < -0.3 is 54.5 Å². The monoisotopic (exact) mass is 739 g/mol. The molecular weight excluding hydrogens is 698 g/mol. The second kappa shape index (κ2) is 13.4. The van der Waals surface area contributed by atoms with Crippen molar-refractivity contribution in [3.05, 3.63) is 68.4 Å². The van der Waals surface area contributed by atoms with E-state index >= 15 is 0 Å². The second-order valence-corrected chi connectivity index (χ2v) is 14.1. The highest BCUT2D eigenvalue weighted by Crippen LogP contribution is 2.56. The van der Waals surface area contributed by atoms with Crippen molar-refractivity contribution in [3.63, 3.8) is 0 Å². The van der Waals surface area contributed by atoms with Gasteiger partial charge in [0.15, 0.2) is 23.2 Å². The summed E-state index contributed by atoms with van der Waals surface area (Å²) in [7, 11) is 3.59. The van der Waals surface area contributed by atoms with Gasteiger partial charge in [-0.25, -0.2) is 4.79 Å². The van der Waals surface area contributed by atoms with Crippen LogP contribution in [0.2, 0.25) is 0 Å². The number of ketones is 4. The maximum Gasteiger partial charge on any atom is 0.342 e.